The van der Waals surface area contributed by atoms with E-state index in [0.717, 1.165) is 47.5 Å². The van der Waals surface area contributed by atoms with Gasteiger partial charge in [-0.1, -0.05) is 55.3 Å². The van der Waals surface area contributed by atoms with E-state index in [1.807, 2.05) is 37.3 Å². The zero-order valence-corrected chi connectivity index (χ0v) is 40.3. The fourth-order valence-electron chi connectivity index (χ4n) is 10.1. The lowest BCUT2D eigenvalue weighted by Crippen LogP contribution is -2.70. The van der Waals surface area contributed by atoms with Gasteiger partial charge in [-0.05, 0) is 121 Å². The lowest BCUT2D eigenvalue weighted by Gasteiger charge is -2.60. The number of aliphatic hydroxyl groups excluding tert-OH is 2. The lowest BCUT2D eigenvalue weighted by molar-refractivity contribution is -0.385. The van der Waals surface area contributed by atoms with Crippen LogP contribution < -0.4 is 9.47 Å². The minimum absolute atomic E-state index is 0.00405. The van der Waals surface area contributed by atoms with Crippen LogP contribution in [-0.4, -0.2) is 87.1 Å². The first-order chi connectivity index (χ1) is 34.1. The zero-order valence-electron chi connectivity index (χ0n) is 39.5. The molecule has 2 N–H and O–H groups in total. The van der Waals surface area contributed by atoms with E-state index in [-0.39, 0.29) is 67.9 Å². The van der Waals surface area contributed by atoms with Crippen molar-refractivity contribution in [2.45, 2.75) is 87.5 Å². The molecule has 70 heavy (non-hydrogen) atoms. The molecular weight excluding hydrogens is 913 g/mol. The molecule has 370 valence electrons. The number of carbonyl (C=O) groups is 1. The number of hydrogen-bond donors (Lipinski definition) is 2. The molecule has 2 aliphatic carbocycles. The van der Waals surface area contributed by atoms with Crippen molar-refractivity contribution in [3.63, 3.8) is 0 Å². The molecule has 4 aromatic rings. The van der Waals surface area contributed by atoms with E-state index in [9.17, 15) is 35.2 Å². The Labute approximate surface area is 413 Å². The van der Waals surface area contributed by atoms with Crippen molar-refractivity contribution in [2.75, 3.05) is 38.7 Å². The largest absolute Gasteiger partial charge is 0.493 e. The average Bonchev–Trinajstić information content (AvgIpc) is 3.37. The van der Waals surface area contributed by atoms with Crippen molar-refractivity contribution in [2.24, 2.45) is 22.9 Å². The van der Waals surface area contributed by atoms with Crippen molar-refractivity contribution in [3.8, 4) is 11.5 Å². The summed E-state index contributed by atoms with van der Waals surface area (Å²) in [6, 6.07) is 27.4. The number of nitro groups is 2. The van der Waals surface area contributed by atoms with Gasteiger partial charge in [0.2, 0.25) is 11.7 Å². The lowest BCUT2D eigenvalue weighted by atomic mass is 9.55. The number of nitro benzene ring substituents is 2. The number of carbonyl (C=O) groups excluding carboxylic acids is 1. The van der Waals surface area contributed by atoms with Gasteiger partial charge in [-0.2, -0.15) is 0 Å². The summed E-state index contributed by atoms with van der Waals surface area (Å²) in [4.78, 5) is 45.8. The van der Waals surface area contributed by atoms with Crippen LogP contribution in [0.3, 0.4) is 0 Å². The number of amides is 1. The fourth-order valence-corrected chi connectivity index (χ4v) is 10.9. The number of hydrogen-bond acceptors (Lipinski definition) is 13. The summed E-state index contributed by atoms with van der Waals surface area (Å²) in [7, 11) is 0. The third-order valence-electron chi connectivity index (χ3n) is 13.2. The predicted molar refractivity (Wildman–Crippen MR) is 270 cm³/mol. The van der Waals surface area contributed by atoms with Crippen molar-refractivity contribution >= 4 is 40.8 Å². The number of aliphatic hydroxyl groups is 2. The molecule has 3 aliphatic rings. The van der Waals surface area contributed by atoms with Gasteiger partial charge in [0.25, 0.3) is 11.4 Å². The van der Waals surface area contributed by atoms with E-state index in [0.29, 0.717) is 60.8 Å². The predicted octanol–water partition coefficient (Wildman–Crippen LogP) is 10.5. The molecule has 0 unspecified atom stereocenters. The fraction of sp³-hybridized carbons (Fsp3) is 0.407. The molecule has 0 radical (unpaired) electrons. The Morgan fingerprint density at radius 3 is 2.31 bits per heavy atom. The van der Waals surface area contributed by atoms with Crippen LogP contribution >= 0.6 is 11.8 Å². The molecule has 0 saturated heterocycles. The van der Waals surface area contributed by atoms with Gasteiger partial charge >= 0.3 is 0 Å². The smallest absolute Gasteiger partial charge is 0.269 e. The van der Waals surface area contributed by atoms with E-state index in [2.05, 4.69) is 30.9 Å². The van der Waals surface area contributed by atoms with Crippen molar-refractivity contribution in [1.82, 2.24) is 4.90 Å². The second-order valence-electron chi connectivity index (χ2n) is 17.7. The van der Waals surface area contributed by atoms with Gasteiger partial charge in [0.15, 0.2) is 0 Å². The van der Waals surface area contributed by atoms with Crippen molar-refractivity contribution < 1.29 is 43.9 Å². The number of ether oxygens (including phenoxy) is 3. The molecule has 1 fully saturated rings. The summed E-state index contributed by atoms with van der Waals surface area (Å²) >= 11 is 1.71. The number of fused-ring (bicyclic) bond motifs is 2. The van der Waals surface area contributed by atoms with E-state index < -0.39 is 27.6 Å². The molecule has 7 rings (SSSR count). The molecule has 0 aromatic heterocycles. The highest BCUT2D eigenvalue weighted by molar-refractivity contribution is 7.99. The van der Waals surface area contributed by atoms with Gasteiger partial charge in [-0.3, -0.25) is 25.0 Å². The third-order valence-corrected chi connectivity index (χ3v) is 14.2. The van der Waals surface area contributed by atoms with Gasteiger partial charge in [0, 0.05) is 78.7 Å². The highest BCUT2D eigenvalue weighted by atomic mass is 32.2. The Hall–Kier alpha value is -6.33. The van der Waals surface area contributed by atoms with Gasteiger partial charge in [0.1, 0.15) is 24.1 Å². The zero-order chi connectivity index (χ0) is 49.5. The Morgan fingerprint density at radius 1 is 0.943 bits per heavy atom. The third kappa shape index (κ3) is 12.3. The molecule has 16 heteroatoms. The van der Waals surface area contributed by atoms with Crippen LogP contribution in [0.2, 0.25) is 0 Å². The maximum absolute atomic E-state index is 14.8. The van der Waals surface area contributed by atoms with E-state index in [1.165, 1.54) is 30.3 Å². The molecule has 1 heterocycles. The minimum atomic E-state index is -1.49. The summed E-state index contributed by atoms with van der Waals surface area (Å²) in [6.45, 7) is 7.02. The molecular formula is C54H62N4O11S. The van der Waals surface area contributed by atoms with Gasteiger partial charge < -0.3 is 34.2 Å². The molecule has 1 amide bonds. The molecule has 4 aromatic carbocycles. The van der Waals surface area contributed by atoms with Crippen LogP contribution in [0.5, 0.6) is 11.5 Å². The first-order valence-electron chi connectivity index (χ1n) is 24.1. The van der Waals surface area contributed by atoms with Gasteiger partial charge in [-0.15, -0.1) is 18.3 Å². The first-order valence-corrected chi connectivity index (χ1v) is 25.1. The molecule has 15 nitrogen and oxygen atoms in total. The molecule has 1 aliphatic heterocycles. The second kappa shape index (κ2) is 25.0. The molecule has 0 spiro atoms. The highest BCUT2D eigenvalue weighted by Gasteiger charge is 2.65. The highest BCUT2D eigenvalue weighted by Crippen LogP contribution is 2.62. The second-order valence-corrected chi connectivity index (χ2v) is 18.9. The number of allylic oxidation sites excluding steroid dienone is 1. The van der Waals surface area contributed by atoms with Crippen LogP contribution in [0.25, 0.3) is 6.08 Å². The Bertz CT molecular complexity index is 2500. The number of oxime groups is 1. The quantitative estimate of drug-likeness (QED) is 0.0151. The number of benzene rings is 4. The molecule has 1 saturated carbocycles. The van der Waals surface area contributed by atoms with E-state index in [1.54, 1.807) is 53.1 Å². The molecule has 0 bridgehead atoms. The van der Waals surface area contributed by atoms with Crippen molar-refractivity contribution in [1.29, 1.82) is 0 Å². The Balaban J connectivity index is 1.37. The number of rotatable bonds is 26. The number of non-ortho nitro benzene ring substituents is 2. The molecule has 6 atom stereocenters. The van der Waals surface area contributed by atoms with Gasteiger partial charge in [-0.25, -0.2) is 0 Å². The Morgan fingerprint density at radius 2 is 1.64 bits per heavy atom. The van der Waals surface area contributed by atoms with Crippen LogP contribution in [0.15, 0.2) is 137 Å². The number of nitrogens with zero attached hydrogens (tertiary/aromatic N) is 4. The summed E-state index contributed by atoms with van der Waals surface area (Å²) in [5, 5.41) is 47.7. The maximum Gasteiger partial charge on any atom is 0.269 e. The maximum atomic E-state index is 14.8. The Kier molecular flexibility index (Phi) is 18.4. The average molecular weight is 975 g/mol. The summed E-state index contributed by atoms with van der Waals surface area (Å²) in [5.41, 5.74) is 3.58. The van der Waals surface area contributed by atoms with Crippen molar-refractivity contribution in [3.05, 3.63) is 164 Å². The van der Waals surface area contributed by atoms with Crippen LogP contribution in [-0.2, 0) is 21.0 Å². The van der Waals surface area contributed by atoms with Gasteiger partial charge in [0.05, 0.1) is 34.7 Å². The monoisotopic (exact) mass is 974 g/mol. The summed E-state index contributed by atoms with van der Waals surface area (Å²) < 4.78 is 20.9. The van der Waals surface area contributed by atoms with Crippen LogP contribution in [0, 0.1) is 38.0 Å². The topological polar surface area (TPSA) is 196 Å². The number of unbranched alkanes of at least 4 members (excludes halogenated alkanes) is 2. The first kappa shape index (κ1) is 51.5. The SMILES string of the molecule is C=CCO[C@@]12Oc3ccc(OCCSc4ccccc4)cc3[C@H]3[C@H](CCCCO)[C@@H](CCCCO)C=C(C(=NOCc4ccc([N+](=O)[O-])cc4)C[C@@H]1N(CCC)C(=O)C=Cc1ccc([N+](=O)[O-])cc1)[C@H]32. The van der Waals surface area contributed by atoms with Crippen LogP contribution in [0.4, 0.5) is 11.4 Å². The normalized spacial score (nSPS) is 21.8. The van der Waals surface area contributed by atoms with E-state index in [4.69, 9.17) is 24.2 Å². The van der Waals surface area contributed by atoms with Crippen LogP contribution in [0.1, 0.15) is 80.9 Å². The minimum Gasteiger partial charge on any atom is -0.493 e. The van der Waals surface area contributed by atoms with E-state index >= 15 is 0 Å². The number of thioether (sulfide) groups is 1. The standard InChI is InChI=1S/C54H62N4O11S/c1-3-28-56(51(61)27-20-38-16-21-41(22-17-38)57(62)63)50-36-48(55-68-37-39-18-23-42(24-19-39)58(64)65)46-34-40(12-8-10-29-59)45(15-9-11-30-60)52-47-35-43(66-32-33-70-44-13-6-5-7-14-44)25-26-49(47)69-54(50,53(46)52)67-31-4-2/h4-7,13-14,16-27,34-35,40,45,50,52-53,59-60H,2-3,8-12,15,28-33,36-37H2,1H3/t40-,45+,50-,52+,53+,54+/m0/s1. The summed E-state index contributed by atoms with van der Waals surface area (Å²) in [5.74, 6) is -0.622. The summed E-state index contributed by atoms with van der Waals surface area (Å²) in [6.07, 6.45) is 12.1.